The fourth-order valence-corrected chi connectivity index (χ4v) is 3.02. The van der Waals surface area contributed by atoms with Crippen LogP contribution in [0, 0.1) is 0 Å². The Balaban J connectivity index is 1.88. The van der Waals surface area contributed by atoms with Crippen molar-refractivity contribution in [3.63, 3.8) is 0 Å². The number of nitrogens with one attached hydrogen (secondary N) is 1. The highest BCUT2D eigenvalue weighted by atomic mass is 16.2. The summed E-state index contributed by atoms with van der Waals surface area (Å²) in [4.78, 5) is 27.5. The van der Waals surface area contributed by atoms with Crippen molar-refractivity contribution >= 4 is 11.8 Å². The molecule has 2 aliphatic rings. The zero-order valence-corrected chi connectivity index (χ0v) is 11.5. The Morgan fingerprint density at radius 3 is 2.61 bits per heavy atom. The monoisotopic (exact) mass is 253 g/mol. The molecule has 0 saturated carbocycles. The van der Waals surface area contributed by atoms with Gasteiger partial charge in [0.2, 0.25) is 11.8 Å². The molecule has 1 spiro atoms. The molecule has 0 aromatic heterocycles. The number of likely N-dealkylation sites (tertiary alicyclic amines) is 1. The zero-order valence-electron chi connectivity index (χ0n) is 11.5. The maximum Gasteiger partial charge on any atom is 0.245 e. The predicted molar refractivity (Wildman–Crippen MR) is 69.1 cm³/mol. The first-order valence-corrected chi connectivity index (χ1v) is 6.87. The lowest BCUT2D eigenvalue weighted by Crippen LogP contribution is -2.72. The van der Waals surface area contributed by atoms with Crippen molar-refractivity contribution < 1.29 is 9.59 Å². The topological polar surface area (TPSA) is 52.7 Å². The molecule has 0 aromatic carbocycles. The molecule has 102 valence electrons. The number of hydrogen-bond acceptors (Lipinski definition) is 3. The smallest absolute Gasteiger partial charge is 0.245 e. The third-order valence-corrected chi connectivity index (χ3v) is 4.13. The molecule has 2 rings (SSSR count). The molecule has 2 saturated heterocycles. The minimum absolute atomic E-state index is 0.0502. The number of hydrogen-bond donors (Lipinski definition) is 1. The van der Waals surface area contributed by atoms with E-state index >= 15 is 0 Å². The number of rotatable bonds is 4. The Bertz CT molecular complexity index is 354. The van der Waals surface area contributed by atoms with Gasteiger partial charge in [-0.05, 0) is 33.6 Å². The van der Waals surface area contributed by atoms with Crippen LogP contribution in [-0.4, -0.2) is 59.4 Å². The van der Waals surface area contributed by atoms with E-state index in [1.165, 1.54) is 0 Å². The van der Waals surface area contributed by atoms with Crippen molar-refractivity contribution in [1.29, 1.82) is 0 Å². The van der Waals surface area contributed by atoms with Crippen molar-refractivity contribution in [3.8, 4) is 0 Å². The average Bonchev–Trinajstić information content (AvgIpc) is 2.74. The molecule has 0 bridgehead atoms. The van der Waals surface area contributed by atoms with Gasteiger partial charge in [0.25, 0.3) is 0 Å². The second kappa shape index (κ2) is 4.88. The third kappa shape index (κ3) is 2.11. The second-order valence-corrected chi connectivity index (χ2v) is 5.39. The zero-order chi connectivity index (χ0) is 13.3. The minimum Gasteiger partial charge on any atom is -0.342 e. The first kappa shape index (κ1) is 13.3. The van der Waals surface area contributed by atoms with Crippen molar-refractivity contribution in [2.45, 2.75) is 45.2 Å². The Hall–Kier alpha value is -1.10. The molecular formula is C13H23N3O2. The summed E-state index contributed by atoms with van der Waals surface area (Å²) in [5.41, 5.74) is -0.344. The van der Waals surface area contributed by atoms with E-state index in [1.54, 1.807) is 9.80 Å². The van der Waals surface area contributed by atoms with Gasteiger partial charge in [0, 0.05) is 25.7 Å². The largest absolute Gasteiger partial charge is 0.342 e. The van der Waals surface area contributed by atoms with Crippen LogP contribution in [0.3, 0.4) is 0 Å². The third-order valence-electron chi connectivity index (χ3n) is 4.13. The molecule has 0 radical (unpaired) electrons. The predicted octanol–water partition coefficient (Wildman–Crippen LogP) is 0.208. The van der Waals surface area contributed by atoms with Crippen LogP contribution in [0.5, 0.6) is 0 Å². The molecule has 2 heterocycles. The van der Waals surface area contributed by atoms with E-state index in [1.807, 2.05) is 13.8 Å². The maximum absolute atomic E-state index is 12.2. The van der Waals surface area contributed by atoms with Gasteiger partial charge in [-0.15, -0.1) is 0 Å². The van der Waals surface area contributed by atoms with E-state index in [2.05, 4.69) is 12.2 Å². The first-order chi connectivity index (χ1) is 8.52. The van der Waals surface area contributed by atoms with Crippen molar-refractivity contribution in [3.05, 3.63) is 0 Å². The summed E-state index contributed by atoms with van der Waals surface area (Å²) in [7, 11) is 0. The summed E-state index contributed by atoms with van der Waals surface area (Å²) in [6.45, 7) is 8.35. The Kier molecular flexibility index (Phi) is 3.61. The van der Waals surface area contributed by atoms with E-state index in [-0.39, 0.29) is 23.9 Å². The quantitative estimate of drug-likeness (QED) is 0.729. The van der Waals surface area contributed by atoms with Gasteiger partial charge in [0.05, 0.1) is 6.54 Å². The fourth-order valence-electron chi connectivity index (χ4n) is 3.02. The van der Waals surface area contributed by atoms with Crippen LogP contribution in [0.2, 0.25) is 0 Å². The van der Waals surface area contributed by atoms with Gasteiger partial charge in [0.1, 0.15) is 5.54 Å². The van der Waals surface area contributed by atoms with Gasteiger partial charge in [-0.25, -0.2) is 0 Å². The molecule has 0 aromatic rings. The molecule has 2 amide bonds. The fraction of sp³-hybridized carbons (Fsp3) is 0.846. The number of likely N-dealkylation sites (N-methyl/N-ethyl adjacent to an activating group) is 1. The van der Waals surface area contributed by atoms with Crippen molar-refractivity contribution in [2.75, 3.05) is 26.2 Å². The lowest BCUT2D eigenvalue weighted by atomic mass is 9.87. The molecule has 2 unspecified atom stereocenters. The molecule has 5 heteroatoms. The van der Waals surface area contributed by atoms with Crippen molar-refractivity contribution in [2.24, 2.45) is 0 Å². The van der Waals surface area contributed by atoms with E-state index in [9.17, 15) is 9.59 Å². The number of amides is 2. The Morgan fingerprint density at radius 2 is 2.17 bits per heavy atom. The summed E-state index contributed by atoms with van der Waals surface area (Å²) < 4.78 is 0. The summed E-state index contributed by atoms with van der Waals surface area (Å²) >= 11 is 0. The molecule has 1 N–H and O–H groups in total. The SMILES string of the molecule is CCN(CC)C(=O)CN1CC2(CCC(C)N2)C1=O. The molecular weight excluding hydrogens is 230 g/mol. The molecule has 2 aliphatic heterocycles. The van der Waals surface area contributed by atoms with E-state index < -0.39 is 0 Å². The number of β-lactam (4-membered cyclic amide) rings is 1. The van der Waals surface area contributed by atoms with Crippen LogP contribution in [0.15, 0.2) is 0 Å². The lowest BCUT2D eigenvalue weighted by Gasteiger charge is -2.47. The highest BCUT2D eigenvalue weighted by molar-refractivity contribution is 5.96. The van der Waals surface area contributed by atoms with Crippen LogP contribution in [-0.2, 0) is 9.59 Å². The summed E-state index contributed by atoms with van der Waals surface area (Å²) in [6, 6.07) is 0.412. The molecule has 2 atom stereocenters. The van der Waals surface area contributed by atoms with Crippen LogP contribution >= 0.6 is 0 Å². The summed E-state index contributed by atoms with van der Waals surface area (Å²) in [6.07, 6.45) is 1.95. The summed E-state index contributed by atoms with van der Waals surface area (Å²) in [5, 5.41) is 3.36. The molecule has 0 aliphatic carbocycles. The Labute approximate surface area is 108 Å². The van der Waals surface area contributed by atoms with E-state index in [0.29, 0.717) is 25.7 Å². The lowest BCUT2D eigenvalue weighted by molar-refractivity contribution is -0.156. The molecule has 2 fully saturated rings. The van der Waals surface area contributed by atoms with Gasteiger partial charge >= 0.3 is 0 Å². The number of nitrogens with zero attached hydrogens (tertiary/aromatic N) is 2. The van der Waals surface area contributed by atoms with E-state index in [4.69, 9.17) is 0 Å². The molecule has 18 heavy (non-hydrogen) atoms. The maximum atomic E-state index is 12.2. The van der Waals surface area contributed by atoms with E-state index in [0.717, 1.165) is 12.8 Å². The van der Waals surface area contributed by atoms with Gasteiger partial charge in [-0.3, -0.25) is 14.9 Å². The minimum atomic E-state index is -0.344. The molecule has 5 nitrogen and oxygen atoms in total. The van der Waals surface area contributed by atoms with Gasteiger partial charge in [-0.1, -0.05) is 0 Å². The standard InChI is InChI=1S/C13H23N3O2/c1-4-15(5-2)11(17)8-16-9-13(12(16)18)7-6-10(3)14-13/h10,14H,4-9H2,1-3H3. The van der Waals surface area contributed by atoms with Crippen molar-refractivity contribution in [1.82, 2.24) is 15.1 Å². The Morgan fingerprint density at radius 1 is 1.50 bits per heavy atom. The van der Waals surface area contributed by atoms with Gasteiger partial charge in [0.15, 0.2) is 0 Å². The van der Waals surface area contributed by atoms with Crippen LogP contribution < -0.4 is 5.32 Å². The van der Waals surface area contributed by atoms with Crippen LogP contribution in [0.4, 0.5) is 0 Å². The van der Waals surface area contributed by atoms with Crippen LogP contribution in [0.25, 0.3) is 0 Å². The summed E-state index contributed by atoms with van der Waals surface area (Å²) in [5.74, 6) is 0.154. The second-order valence-electron chi connectivity index (χ2n) is 5.39. The first-order valence-electron chi connectivity index (χ1n) is 6.87. The number of carbonyl (C=O) groups excluding carboxylic acids is 2. The van der Waals surface area contributed by atoms with Gasteiger partial charge in [-0.2, -0.15) is 0 Å². The average molecular weight is 253 g/mol. The highest BCUT2D eigenvalue weighted by Crippen LogP contribution is 2.33. The van der Waals surface area contributed by atoms with Gasteiger partial charge < -0.3 is 9.80 Å². The van der Waals surface area contributed by atoms with Crippen LogP contribution in [0.1, 0.15) is 33.6 Å². The highest BCUT2D eigenvalue weighted by Gasteiger charge is 2.55. The number of carbonyl (C=O) groups is 2. The normalized spacial score (nSPS) is 30.7.